The highest BCUT2D eigenvalue weighted by molar-refractivity contribution is 5.16. The van der Waals surface area contributed by atoms with Gasteiger partial charge in [0.15, 0.2) is 0 Å². The number of nitrogens with zero attached hydrogens (tertiary/aromatic N) is 3. The maximum absolute atomic E-state index is 5.19. The summed E-state index contributed by atoms with van der Waals surface area (Å²) in [6.07, 6.45) is 0. The van der Waals surface area contributed by atoms with E-state index in [1.807, 2.05) is 12.1 Å². The van der Waals surface area contributed by atoms with E-state index in [2.05, 4.69) is 51.2 Å². The van der Waals surface area contributed by atoms with Gasteiger partial charge in [0.05, 0.1) is 12.8 Å². The van der Waals surface area contributed by atoms with Crippen LogP contribution in [0.5, 0.6) is 5.88 Å². The van der Waals surface area contributed by atoms with Gasteiger partial charge in [-0.2, -0.15) is 0 Å². The van der Waals surface area contributed by atoms with E-state index in [0.29, 0.717) is 5.88 Å². The molecule has 1 aliphatic rings. The zero-order valence-corrected chi connectivity index (χ0v) is 13.1. The average Bonchev–Trinajstić information content (AvgIpc) is 2.58. The Kier molecular flexibility index (Phi) is 5.03. The number of methoxy groups -OCH3 is 1. The van der Waals surface area contributed by atoms with Crippen molar-refractivity contribution in [3.05, 3.63) is 59.8 Å². The molecular formula is C18H23N3O. The summed E-state index contributed by atoms with van der Waals surface area (Å²) in [5, 5.41) is 0. The summed E-state index contributed by atoms with van der Waals surface area (Å²) in [4.78, 5) is 9.47. The largest absolute Gasteiger partial charge is 0.481 e. The van der Waals surface area contributed by atoms with Gasteiger partial charge < -0.3 is 4.74 Å². The summed E-state index contributed by atoms with van der Waals surface area (Å²) in [7, 11) is 1.66. The van der Waals surface area contributed by atoms with Crippen molar-refractivity contribution >= 4 is 0 Å². The second-order valence-electron chi connectivity index (χ2n) is 5.71. The number of piperazine rings is 1. The monoisotopic (exact) mass is 297 g/mol. The second kappa shape index (κ2) is 7.38. The Balaban J connectivity index is 1.49. The Morgan fingerprint density at radius 3 is 2.23 bits per heavy atom. The van der Waals surface area contributed by atoms with Crippen LogP contribution in [0.4, 0.5) is 0 Å². The van der Waals surface area contributed by atoms with Crippen molar-refractivity contribution in [2.45, 2.75) is 13.1 Å². The summed E-state index contributed by atoms with van der Waals surface area (Å²) in [5.74, 6) is 0.695. The molecule has 2 aromatic rings. The molecule has 0 atom stereocenters. The number of benzene rings is 1. The predicted molar refractivity (Wildman–Crippen MR) is 87.8 cm³/mol. The summed E-state index contributed by atoms with van der Waals surface area (Å²) in [6.45, 7) is 6.34. The number of ether oxygens (including phenoxy) is 1. The van der Waals surface area contributed by atoms with E-state index in [-0.39, 0.29) is 0 Å². The van der Waals surface area contributed by atoms with Gasteiger partial charge >= 0.3 is 0 Å². The molecule has 0 N–H and O–H groups in total. The van der Waals surface area contributed by atoms with Crippen molar-refractivity contribution in [1.29, 1.82) is 0 Å². The lowest BCUT2D eigenvalue weighted by Gasteiger charge is -2.34. The van der Waals surface area contributed by atoms with Crippen LogP contribution in [0, 0.1) is 0 Å². The minimum atomic E-state index is 0.695. The first-order valence-electron chi connectivity index (χ1n) is 7.82. The molecule has 1 aromatic carbocycles. The first-order chi connectivity index (χ1) is 10.8. The van der Waals surface area contributed by atoms with E-state index in [0.717, 1.165) is 45.0 Å². The lowest BCUT2D eigenvalue weighted by atomic mass is 10.2. The van der Waals surface area contributed by atoms with Gasteiger partial charge in [-0.1, -0.05) is 36.4 Å². The third kappa shape index (κ3) is 4.06. The fourth-order valence-electron chi connectivity index (χ4n) is 2.84. The van der Waals surface area contributed by atoms with Gasteiger partial charge in [-0.25, -0.2) is 4.98 Å². The van der Waals surface area contributed by atoms with E-state index >= 15 is 0 Å². The van der Waals surface area contributed by atoms with E-state index in [1.54, 1.807) is 7.11 Å². The topological polar surface area (TPSA) is 28.6 Å². The second-order valence-corrected chi connectivity index (χ2v) is 5.71. The van der Waals surface area contributed by atoms with Crippen LogP contribution in [0.15, 0.2) is 48.5 Å². The van der Waals surface area contributed by atoms with Crippen LogP contribution in [0.3, 0.4) is 0 Å². The fraction of sp³-hybridized carbons (Fsp3) is 0.389. The van der Waals surface area contributed by atoms with Crippen molar-refractivity contribution < 1.29 is 4.74 Å². The van der Waals surface area contributed by atoms with Gasteiger partial charge in [0.25, 0.3) is 0 Å². The Labute approximate surface area is 132 Å². The number of pyridine rings is 1. The van der Waals surface area contributed by atoms with Crippen LogP contribution in [0.2, 0.25) is 0 Å². The van der Waals surface area contributed by atoms with Gasteiger partial charge in [0.2, 0.25) is 5.88 Å². The first kappa shape index (κ1) is 15.0. The quantitative estimate of drug-likeness (QED) is 0.847. The normalized spacial score (nSPS) is 16.6. The molecule has 116 valence electrons. The Morgan fingerprint density at radius 1 is 0.864 bits per heavy atom. The Hall–Kier alpha value is -1.91. The number of hydrogen-bond donors (Lipinski definition) is 0. The fourth-order valence-corrected chi connectivity index (χ4v) is 2.84. The zero-order chi connectivity index (χ0) is 15.2. The van der Waals surface area contributed by atoms with Crippen LogP contribution in [-0.2, 0) is 13.1 Å². The van der Waals surface area contributed by atoms with E-state index in [9.17, 15) is 0 Å². The third-order valence-corrected chi connectivity index (χ3v) is 4.09. The molecule has 4 nitrogen and oxygen atoms in total. The summed E-state index contributed by atoms with van der Waals surface area (Å²) < 4.78 is 5.19. The molecule has 0 bridgehead atoms. The van der Waals surface area contributed by atoms with Crippen molar-refractivity contribution in [2.75, 3.05) is 33.3 Å². The molecule has 22 heavy (non-hydrogen) atoms. The molecular weight excluding hydrogens is 274 g/mol. The summed E-state index contributed by atoms with van der Waals surface area (Å²) >= 11 is 0. The van der Waals surface area contributed by atoms with Gasteiger partial charge in [-0.05, 0) is 11.6 Å². The molecule has 0 radical (unpaired) electrons. The molecule has 1 aliphatic heterocycles. The molecule has 4 heteroatoms. The van der Waals surface area contributed by atoms with Crippen LogP contribution >= 0.6 is 0 Å². The molecule has 2 heterocycles. The van der Waals surface area contributed by atoms with Crippen molar-refractivity contribution in [3.8, 4) is 5.88 Å². The smallest absolute Gasteiger partial charge is 0.213 e. The highest BCUT2D eigenvalue weighted by Crippen LogP contribution is 2.12. The molecule has 1 fully saturated rings. The van der Waals surface area contributed by atoms with E-state index in [1.165, 1.54) is 5.56 Å². The van der Waals surface area contributed by atoms with Crippen molar-refractivity contribution in [2.24, 2.45) is 0 Å². The predicted octanol–water partition coefficient (Wildman–Crippen LogP) is 2.41. The molecule has 0 spiro atoms. The van der Waals surface area contributed by atoms with Crippen LogP contribution in [-0.4, -0.2) is 48.1 Å². The minimum Gasteiger partial charge on any atom is -0.481 e. The van der Waals surface area contributed by atoms with Crippen molar-refractivity contribution in [1.82, 2.24) is 14.8 Å². The maximum atomic E-state index is 5.19. The van der Waals surface area contributed by atoms with Crippen molar-refractivity contribution in [3.63, 3.8) is 0 Å². The minimum absolute atomic E-state index is 0.695. The van der Waals surface area contributed by atoms with Crippen LogP contribution in [0.25, 0.3) is 0 Å². The lowest BCUT2D eigenvalue weighted by molar-refractivity contribution is 0.121. The van der Waals surface area contributed by atoms with Gasteiger partial charge in [-0.3, -0.25) is 9.80 Å². The average molecular weight is 297 g/mol. The highest BCUT2D eigenvalue weighted by Gasteiger charge is 2.17. The van der Waals surface area contributed by atoms with Crippen LogP contribution in [0.1, 0.15) is 11.3 Å². The maximum Gasteiger partial charge on any atom is 0.213 e. The summed E-state index contributed by atoms with van der Waals surface area (Å²) in [5.41, 5.74) is 2.47. The molecule has 0 unspecified atom stereocenters. The molecule has 0 amide bonds. The van der Waals surface area contributed by atoms with Gasteiger partial charge in [-0.15, -0.1) is 0 Å². The Bertz CT molecular complexity index is 580. The molecule has 3 rings (SSSR count). The highest BCUT2D eigenvalue weighted by atomic mass is 16.5. The molecule has 1 saturated heterocycles. The number of hydrogen-bond acceptors (Lipinski definition) is 4. The molecule has 1 aromatic heterocycles. The van der Waals surface area contributed by atoms with Crippen LogP contribution < -0.4 is 4.74 Å². The molecule has 0 aliphatic carbocycles. The van der Waals surface area contributed by atoms with Gasteiger partial charge in [0.1, 0.15) is 0 Å². The third-order valence-electron chi connectivity index (χ3n) is 4.09. The van der Waals surface area contributed by atoms with E-state index in [4.69, 9.17) is 4.74 Å². The number of rotatable bonds is 5. The Morgan fingerprint density at radius 2 is 1.55 bits per heavy atom. The SMILES string of the molecule is COc1cccc(CN2CCN(Cc3ccccc3)CC2)n1. The van der Waals surface area contributed by atoms with E-state index < -0.39 is 0 Å². The lowest BCUT2D eigenvalue weighted by Crippen LogP contribution is -2.45. The van der Waals surface area contributed by atoms with Gasteiger partial charge in [0, 0.05) is 45.3 Å². The standard InChI is InChI=1S/C18H23N3O/c1-22-18-9-5-8-17(19-18)15-21-12-10-20(11-13-21)14-16-6-3-2-4-7-16/h2-9H,10-15H2,1H3. The molecule has 0 saturated carbocycles. The summed E-state index contributed by atoms with van der Waals surface area (Å²) in [6, 6.07) is 16.7. The number of aromatic nitrogens is 1. The zero-order valence-electron chi connectivity index (χ0n) is 13.1. The first-order valence-corrected chi connectivity index (χ1v) is 7.82.